The van der Waals surface area contributed by atoms with Gasteiger partial charge in [0.1, 0.15) is 0 Å². The van der Waals surface area contributed by atoms with E-state index in [9.17, 15) is 0 Å². The van der Waals surface area contributed by atoms with Crippen molar-refractivity contribution in [1.82, 2.24) is 10.6 Å². The van der Waals surface area contributed by atoms with Crippen LogP contribution in [0.25, 0.3) is 0 Å². The summed E-state index contributed by atoms with van der Waals surface area (Å²) in [7, 11) is 3.51. The van der Waals surface area contributed by atoms with E-state index in [1.54, 1.807) is 14.2 Å². The summed E-state index contributed by atoms with van der Waals surface area (Å²) in [6.07, 6.45) is 1.09. The number of aliphatic imine (C=N–C) groups is 1. The van der Waals surface area contributed by atoms with Crippen molar-refractivity contribution in [1.29, 1.82) is 0 Å². The van der Waals surface area contributed by atoms with Crippen LogP contribution < -0.4 is 10.6 Å². The number of benzene rings is 1. The van der Waals surface area contributed by atoms with Gasteiger partial charge in [-0.1, -0.05) is 31.2 Å². The Labute approximate surface area is 165 Å². The Bertz CT molecular complexity index is 643. The highest BCUT2D eigenvalue weighted by Gasteiger charge is 2.02. The Morgan fingerprint density at radius 1 is 1.08 bits per heavy atom. The standard InChI is InChI=1S/C18H25N3OS.HI/c1-4-16-8-9-17(23-16)12-21-18(19-2)20-11-14-6-5-7-15(10-14)13-22-3;/h5-10H,4,11-13H2,1-3H3,(H2,19,20,21);1H. The number of hydrogen-bond donors (Lipinski definition) is 2. The molecule has 0 fully saturated rings. The number of rotatable bonds is 7. The molecule has 2 rings (SSSR count). The molecule has 24 heavy (non-hydrogen) atoms. The van der Waals surface area contributed by atoms with Gasteiger partial charge in [0.25, 0.3) is 0 Å². The summed E-state index contributed by atoms with van der Waals surface area (Å²) in [5, 5.41) is 6.71. The minimum atomic E-state index is 0. The first kappa shape index (κ1) is 20.9. The van der Waals surface area contributed by atoms with E-state index in [2.05, 4.69) is 58.9 Å². The second-order valence-corrected chi connectivity index (χ2v) is 6.51. The highest BCUT2D eigenvalue weighted by atomic mass is 127. The highest BCUT2D eigenvalue weighted by molar-refractivity contribution is 14.0. The second kappa shape index (κ2) is 11.4. The third kappa shape index (κ3) is 6.78. The summed E-state index contributed by atoms with van der Waals surface area (Å²) in [4.78, 5) is 7.02. The topological polar surface area (TPSA) is 45.7 Å². The van der Waals surface area contributed by atoms with Gasteiger partial charge in [-0.2, -0.15) is 0 Å². The van der Waals surface area contributed by atoms with Crippen LogP contribution >= 0.6 is 35.3 Å². The Morgan fingerprint density at radius 2 is 1.79 bits per heavy atom. The summed E-state index contributed by atoms with van der Waals surface area (Å²) in [6.45, 7) is 4.36. The van der Waals surface area contributed by atoms with Crippen molar-refractivity contribution in [3.8, 4) is 0 Å². The quantitative estimate of drug-likeness (QED) is 0.375. The SMILES string of the molecule is CCc1ccc(CNC(=NC)NCc2cccc(COC)c2)s1.I. The average molecular weight is 459 g/mol. The van der Waals surface area contributed by atoms with Crippen LogP contribution in [0, 0.1) is 0 Å². The number of ether oxygens (including phenoxy) is 1. The zero-order valence-electron chi connectivity index (χ0n) is 14.5. The molecule has 0 aliphatic heterocycles. The number of methoxy groups -OCH3 is 1. The normalized spacial score (nSPS) is 11.0. The molecule has 132 valence electrons. The smallest absolute Gasteiger partial charge is 0.191 e. The lowest BCUT2D eigenvalue weighted by atomic mass is 10.1. The molecule has 4 nitrogen and oxygen atoms in total. The maximum Gasteiger partial charge on any atom is 0.191 e. The summed E-state index contributed by atoms with van der Waals surface area (Å²) in [5.74, 6) is 0.814. The van der Waals surface area contributed by atoms with Crippen molar-refractivity contribution in [2.24, 2.45) is 4.99 Å². The fourth-order valence-electron chi connectivity index (χ4n) is 2.28. The van der Waals surface area contributed by atoms with Gasteiger partial charge in [-0.05, 0) is 29.7 Å². The van der Waals surface area contributed by atoms with E-state index in [4.69, 9.17) is 4.74 Å². The molecular formula is C18H26IN3OS. The molecule has 0 bridgehead atoms. The fourth-order valence-corrected chi connectivity index (χ4v) is 3.18. The van der Waals surface area contributed by atoms with Crippen molar-refractivity contribution < 1.29 is 4.74 Å². The molecule has 1 aromatic carbocycles. The van der Waals surface area contributed by atoms with Gasteiger partial charge in [0.2, 0.25) is 0 Å². The van der Waals surface area contributed by atoms with Gasteiger partial charge in [0, 0.05) is 30.5 Å². The molecule has 0 unspecified atom stereocenters. The van der Waals surface area contributed by atoms with E-state index in [1.807, 2.05) is 11.3 Å². The molecule has 0 amide bonds. The van der Waals surface area contributed by atoms with Gasteiger partial charge in [0.15, 0.2) is 5.96 Å². The maximum absolute atomic E-state index is 5.17. The zero-order chi connectivity index (χ0) is 16.5. The first-order valence-electron chi connectivity index (χ1n) is 7.84. The van der Waals surface area contributed by atoms with Crippen molar-refractivity contribution in [2.45, 2.75) is 33.0 Å². The lowest BCUT2D eigenvalue weighted by molar-refractivity contribution is 0.185. The molecule has 2 N–H and O–H groups in total. The predicted octanol–water partition coefficient (Wildman–Crippen LogP) is 3.94. The highest BCUT2D eigenvalue weighted by Crippen LogP contribution is 2.16. The number of nitrogens with one attached hydrogen (secondary N) is 2. The first-order chi connectivity index (χ1) is 11.2. The lowest BCUT2D eigenvalue weighted by Gasteiger charge is -2.12. The third-order valence-corrected chi connectivity index (χ3v) is 4.71. The summed E-state index contributed by atoms with van der Waals surface area (Å²) < 4.78 is 5.17. The maximum atomic E-state index is 5.17. The van der Waals surface area contributed by atoms with E-state index < -0.39 is 0 Å². The molecule has 6 heteroatoms. The molecule has 1 aromatic heterocycles. The molecule has 0 spiro atoms. The van der Waals surface area contributed by atoms with E-state index in [-0.39, 0.29) is 24.0 Å². The van der Waals surface area contributed by atoms with Crippen molar-refractivity contribution in [2.75, 3.05) is 14.2 Å². The fraction of sp³-hybridized carbons (Fsp3) is 0.389. The van der Waals surface area contributed by atoms with Crippen molar-refractivity contribution in [3.05, 3.63) is 57.3 Å². The van der Waals surface area contributed by atoms with Gasteiger partial charge >= 0.3 is 0 Å². The van der Waals surface area contributed by atoms with Crippen LogP contribution in [0.4, 0.5) is 0 Å². The van der Waals surface area contributed by atoms with Crippen LogP contribution in [0.2, 0.25) is 0 Å². The van der Waals surface area contributed by atoms with Gasteiger partial charge in [-0.25, -0.2) is 0 Å². The number of hydrogen-bond acceptors (Lipinski definition) is 3. The van der Waals surface area contributed by atoms with Gasteiger partial charge in [0.05, 0.1) is 13.2 Å². The summed E-state index contributed by atoms with van der Waals surface area (Å²) in [5.41, 5.74) is 2.40. The van der Waals surface area contributed by atoms with Crippen LogP contribution in [0.5, 0.6) is 0 Å². The molecule has 0 aliphatic rings. The zero-order valence-corrected chi connectivity index (χ0v) is 17.6. The van der Waals surface area contributed by atoms with E-state index >= 15 is 0 Å². The summed E-state index contributed by atoms with van der Waals surface area (Å²) >= 11 is 1.85. The molecule has 0 saturated heterocycles. The number of aryl methyl sites for hydroxylation is 1. The Kier molecular flexibility index (Phi) is 9.97. The number of thiophene rings is 1. The van der Waals surface area contributed by atoms with E-state index in [0.29, 0.717) is 6.61 Å². The lowest BCUT2D eigenvalue weighted by Crippen LogP contribution is -2.36. The Hall–Kier alpha value is -1.12. The van der Waals surface area contributed by atoms with Crippen LogP contribution in [0.1, 0.15) is 27.8 Å². The van der Waals surface area contributed by atoms with Crippen molar-refractivity contribution in [3.63, 3.8) is 0 Å². The first-order valence-corrected chi connectivity index (χ1v) is 8.65. The molecule has 1 heterocycles. The number of nitrogens with zero attached hydrogens (tertiary/aromatic N) is 1. The molecular weight excluding hydrogens is 433 g/mol. The van der Waals surface area contributed by atoms with Gasteiger partial charge < -0.3 is 15.4 Å². The largest absolute Gasteiger partial charge is 0.380 e. The molecule has 2 aromatic rings. The number of guanidine groups is 1. The minimum Gasteiger partial charge on any atom is -0.380 e. The summed E-state index contributed by atoms with van der Waals surface area (Å²) in [6, 6.07) is 12.8. The number of halogens is 1. The minimum absolute atomic E-state index is 0. The second-order valence-electron chi connectivity index (χ2n) is 5.25. The van der Waals surface area contributed by atoms with Gasteiger partial charge in [-0.3, -0.25) is 4.99 Å². The van der Waals surface area contributed by atoms with E-state index in [0.717, 1.165) is 25.5 Å². The molecule has 0 aliphatic carbocycles. The van der Waals surface area contributed by atoms with E-state index in [1.165, 1.54) is 20.9 Å². The van der Waals surface area contributed by atoms with Crippen molar-refractivity contribution >= 4 is 41.3 Å². The predicted molar refractivity (Wildman–Crippen MR) is 113 cm³/mol. The van der Waals surface area contributed by atoms with Crippen LogP contribution in [0.15, 0.2) is 41.4 Å². The van der Waals surface area contributed by atoms with Crippen LogP contribution in [-0.2, 0) is 30.9 Å². The van der Waals surface area contributed by atoms with Crippen LogP contribution in [0.3, 0.4) is 0 Å². The Balaban J connectivity index is 0.00000288. The molecule has 0 radical (unpaired) electrons. The Morgan fingerprint density at radius 3 is 2.46 bits per heavy atom. The monoisotopic (exact) mass is 459 g/mol. The van der Waals surface area contributed by atoms with Gasteiger partial charge in [-0.15, -0.1) is 35.3 Å². The average Bonchev–Trinajstić information content (AvgIpc) is 3.04. The molecule has 0 atom stereocenters. The third-order valence-electron chi connectivity index (χ3n) is 3.48. The molecule has 0 saturated carbocycles. The van der Waals surface area contributed by atoms with Crippen LogP contribution in [-0.4, -0.2) is 20.1 Å².